The number of carbonyl (C=O) groups is 1. The number of para-hydroxylation sites is 2. The molecular weight excluding hydrogens is 392 g/mol. The van der Waals surface area contributed by atoms with Gasteiger partial charge in [-0.05, 0) is 31.5 Å². The van der Waals surface area contributed by atoms with Crippen LogP contribution < -0.4 is 15.4 Å². The lowest BCUT2D eigenvalue weighted by Gasteiger charge is -2.17. The number of amides is 1. The summed E-state index contributed by atoms with van der Waals surface area (Å²) in [6.45, 7) is 3.84. The van der Waals surface area contributed by atoms with Crippen LogP contribution in [0.4, 0.5) is 10.8 Å². The molecule has 0 aliphatic heterocycles. The number of methoxy groups -OCH3 is 1. The smallest absolute Gasteiger partial charge is 0.233 e. The summed E-state index contributed by atoms with van der Waals surface area (Å²) < 4.78 is 6.06. The summed E-state index contributed by atoms with van der Waals surface area (Å²) >= 11 is 2.79. The number of thioether (sulfide) groups is 1. The van der Waals surface area contributed by atoms with E-state index in [1.54, 1.807) is 7.11 Å². The van der Waals surface area contributed by atoms with Crippen molar-refractivity contribution in [2.45, 2.75) is 29.5 Å². The summed E-state index contributed by atoms with van der Waals surface area (Å²) in [4.78, 5) is 12.5. The molecule has 0 aliphatic carbocycles. The lowest BCUT2D eigenvalue weighted by molar-refractivity contribution is -0.120. The van der Waals surface area contributed by atoms with Crippen LogP contribution in [-0.4, -0.2) is 28.5 Å². The molecule has 6 nitrogen and oxygen atoms in total. The molecule has 2 atom stereocenters. The summed E-state index contributed by atoms with van der Waals surface area (Å²) in [5, 5.41) is 15.0. The van der Waals surface area contributed by atoms with Crippen LogP contribution in [0.2, 0.25) is 0 Å². The first-order valence-electron chi connectivity index (χ1n) is 8.82. The molecule has 28 heavy (non-hydrogen) atoms. The van der Waals surface area contributed by atoms with Gasteiger partial charge < -0.3 is 15.4 Å². The van der Waals surface area contributed by atoms with E-state index >= 15 is 0 Å². The van der Waals surface area contributed by atoms with Gasteiger partial charge in [-0.3, -0.25) is 4.79 Å². The van der Waals surface area contributed by atoms with Gasteiger partial charge in [-0.25, -0.2) is 0 Å². The predicted molar refractivity (Wildman–Crippen MR) is 115 cm³/mol. The molecule has 0 saturated carbocycles. The zero-order valence-electron chi connectivity index (χ0n) is 15.9. The first-order valence-corrected chi connectivity index (χ1v) is 10.5. The summed E-state index contributed by atoms with van der Waals surface area (Å²) in [6.07, 6.45) is 0. The van der Waals surface area contributed by atoms with E-state index in [2.05, 4.69) is 20.8 Å². The third-order valence-corrected chi connectivity index (χ3v) is 6.08. The monoisotopic (exact) mass is 414 g/mol. The van der Waals surface area contributed by atoms with Crippen LogP contribution in [0.25, 0.3) is 0 Å². The van der Waals surface area contributed by atoms with Gasteiger partial charge in [-0.1, -0.05) is 65.6 Å². The summed E-state index contributed by atoms with van der Waals surface area (Å²) in [5.41, 5.74) is 1.90. The number of hydrogen-bond acceptors (Lipinski definition) is 7. The molecular formula is C20H22N4O2S2. The highest BCUT2D eigenvalue weighted by molar-refractivity contribution is 8.02. The van der Waals surface area contributed by atoms with Crippen molar-refractivity contribution in [1.82, 2.24) is 15.5 Å². The Morgan fingerprint density at radius 2 is 1.79 bits per heavy atom. The molecule has 0 fully saturated rings. The third kappa shape index (κ3) is 5.24. The molecule has 3 rings (SSSR count). The van der Waals surface area contributed by atoms with Crippen LogP contribution in [0.1, 0.15) is 25.5 Å². The minimum Gasteiger partial charge on any atom is -0.495 e. The zero-order chi connectivity index (χ0) is 19.9. The van der Waals surface area contributed by atoms with E-state index in [1.807, 2.05) is 68.4 Å². The fourth-order valence-electron chi connectivity index (χ4n) is 2.53. The van der Waals surface area contributed by atoms with Crippen molar-refractivity contribution in [2.75, 3.05) is 12.4 Å². The Kier molecular flexibility index (Phi) is 6.89. The van der Waals surface area contributed by atoms with Crippen LogP contribution in [-0.2, 0) is 4.79 Å². The number of hydrogen-bond donors (Lipinski definition) is 2. The van der Waals surface area contributed by atoms with Gasteiger partial charge in [-0.2, -0.15) is 0 Å². The van der Waals surface area contributed by atoms with E-state index < -0.39 is 0 Å². The van der Waals surface area contributed by atoms with Crippen molar-refractivity contribution in [3.63, 3.8) is 0 Å². The van der Waals surface area contributed by atoms with Crippen LogP contribution in [0.3, 0.4) is 0 Å². The van der Waals surface area contributed by atoms with Gasteiger partial charge in [-0.15, -0.1) is 10.2 Å². The van der Waals surface area contributed by atoms with Gasteiger partial charge in [0.2, 0.25) is 11.0 Å². The number of benzene rings is 2. The van der Waals surface area contributed by atoms with Gasteiger partial charge in [0.1, 0.15) is 5.75 Å². The second-order valence-corrected chi connectivity index (χ2v) is 8.66. The van der Waals surface area contributed by atoms with E-state index in [0.29, 0.717) is 5.13 Å². The molecule has 0 aliphatic rings. The first kappa shape index (κ1) is 20.2. The average Bonchev–Trinajstić information content (AvgIpc) is 3.15. The number of aromatic nitrogens is 2. The van der Waals surface area contributed by atoms with E-state index in [-0.39, 0.29) is 17.2 Å². The molecule has 3 aromatic rings. The molecule has 0 bridgehead atoms. The van der Waals surface area contributed by atoms with Crippen LogP contribution in [0.15, 0.2) is 58.9 Å². The second-order valence-electron chi connectivity index (χ2n) is 6.10. The zero-order valence-corrected chi connectivity index (χ0v) is 17.5. The average molecular weight is 415 g/mol. The van der Waals surface area contributed by atoms with Crippen molar-refractivity contribution in [1.29, 1.82) is 0 Å². The molecule has 0 radical (unpaired) electrons. The Labute approximate surface area is 172 Å². The minimum absolute atomic E-state index is 0.0317. The van der Waals surface area contributed by atoms with Crippen LogP contribution >= 0.6 is 23.1 Å². The van der Waals surface area contributed by atoms with Gasteiger partial charge in [0.25, 0.3) is 0 Å². The number of nitrogens with one attached hydrogen (secondary N) is 2. The SMILES string of the molecule is COc1ccccc1Nc1nnc(SC(C)C(=O)NC(C)c2ccccc2)s1. The maximum absolute atomic E-state index is 12.5. The van der Waals surface area contributed by atoms with Crippen molar-refractivity contribution >= 4 is 39.8 Å². The molecule has 1 heterocycles. The highest BCUT2D eigenvalue weighted by atomic mass is 32.2. The Bertz CT molecular complexity index is 917. The molecule has 0 spiro atoms. The molecule has 2 unspecified atom stereocenters. The van der Waals surface area contributed by atoms with Gasteiger partial charge in [0.05, 0.1) is 24.1 Å². The normalized spacial score (nSPS) is 12.8. The topological polar surface area (TPSA) is 76.1 Å². The molecule has 2 aromatic carbocycles. The van der Waals surface area contributed by atoms with Crippen molar-refractivity contribution < 1.29 is 9.53 Å². The Morgan fingerprint density at radius 3 is 2.54 bits per heavy atom. The molecule has 0 saturated heterocycles. The standard InChI is InChI=1S/C20H22N4O2S2/c1-13(15-9-5-4-6-10-15)21-18(25)14(2)27-20-24-23-19(28-20)22-16-11-7-8-12-17(16)26-3/h4-14H,1-3H3,(H,21,25)(H,22,23). The lowest BCUT2D eigenvalue weighted by Crippen LogP contribution is -2.33. The van der Waals surface area contributed by atoms with Gasteiger partial charge >= 0.3 is 0 Å². The minimum atomic E-state index is -0.279. The quantitative estimate of drug-likeness (QED) is 0.523. The van der Waals surface area contributed by atoms with Crippen molar-refractivity contribution in [2.24, 2.45) is 0 Å². The van der Waals surface area contributed by atoms with Gasteiger partial charge in [0, 0.05) is 0 Å². The molecule has 1 aromatic heterocycles. The number of ether oxygens (including phenoxy) is 1. The molecule has 1 amide bonds. The maximum Gasteiger partial charge on any atom is 0.233 e. The number of anilines is 2. The van der Waals surface area contributed by atoms with Crippen LogP contribution in [0.5, 0.6) is 5.75 Å². The molecule has 8 heteroatoms. The number of carbonyl (C=O) groups excluding carboxylic acids is 1. The first-order chi connectivity index (χ1) is 13.6. The molecule has 2 N–H and O–H groups in total. The van der Waals surface area contributed by atoms with E-state index in [9.17, 15) is 4.79 Å². The Hall–Kier alpha value is -2.58. The lowest BCUT2D eigenvalue weighted by atomic mass is 10.1. The van der Waals surface area contributed by atoms with Crippen molar-refractivity contribution in [3.8, 4) is 5.75 Å². The predicted octanol–water partition coefficient (Wildman–Crippen LogP) is 4.65. The summed E-state index contributed by atoms with van der Waals surface area (Å²) in [7, 11) is 1.62. The summed E-state index contributed by atoms with van der Waals surface area (Å²) in [5.74, 6) is 0.699. The maximum atomic E-state index is 12.5. The largest absolute Gasteiger partial charge is 0.495 e. The number of rotatable bonds is 8. The highest BCUT2D eigenvalue weighted by Gasteiger charge is 2.19. The van der Waals surface area contributed by atoms with Crippen LogP contribution in [0, 0.1) is 0 Å². The fourth-order valence-corrected chi connectivity index (χ4v) is 4.45. The Morgan fingerprint density at radius 1 is 1.07 bits per heavy atom. The Balaban J connectivity index is 1.57. The number of nitrogens with zero attached hydrogens (tertiary/aromatic N) is 2. The third-order valence-electron chi connectivity index (χ3n) is 4.06. The highest BCUT2D eigenvalue weighted by Crippen LogP contribution is 2.33. The molecule has 146 valence electrons. The van der Waals surface area contributed by atoms with E-state index in [4.69, 9.17) is 4.74 Å². The second kappa shape index (κ2) is 9.57. The van der Waals surface area contributed by atoms with Gasteiger partial charge in [0.15, 0.2) is 4.34 Å². The fraction of sp³-hybridized carbons (Fsp3) is 0.250. The summed E-state index contributed by atoms with van der Waals surface area (Å²) in [6, 6.07) is 17.5. The van der Waals surface area contributed by atoms with E-state index in [1.165, 1.54) is 23.1 Å². The van der Waals surface area contributed by atoms with Crippen molar-refractivity contribution in [3.05, 3.63) is 60.2 Å². The van der Waals surface area contributed by atoms with E-state index in [0.717, 1.165) is 21.3 Å².